The molecule has 0 saturated carbocycles. The summed E-state index contributed by atoms with van der Waals surface area (Å²) in [5.74, 6) is -1.43. The highest BCUT2D eigenvalue weighted by Crippen LogP contribution is 2.40. The summed E-state index contributed by atoms with van der Waals surface area (Å²) in [6.07, 6.45) is -10.0. The van der Waals surface area contributed by atoms with Gasteiger partial charge in [-0.2, -0.15) is 26.3 Å². The summed E-state index contributed by atoms with van der Waals surface area (Å²) < 4.78 is 75.4. The van der Waals surface area contributed by atoms with Gasteiger partial charge in [0, 0.05) is 0 Å². The number of carbonyl (C=O) groups excluding carboxylic acids is 1. The van der Waals surface area contributed by atoms with Gasteiger partial charge in [0.2, 0.25) is 5.91 Å². The smallest absolute Gasteiger partial charge is 0.366 e. The molecule has 0 aliphatic carbocycles. The average molecular weight is 271 g/mol. The molecule has 2 nitrogen and oxygen atoms in total. The minimum atomic E-state index is -5.09. The summed E-state index contributed by atoms with van der Waals surface area (Å²) >= 11 is 0. The first kappa shape index (κ1) is 14.3. The van der Waals surface area contributed by atoms with Gasteiger partial charge >= 0.3 is 12.4 Å². The monoisotopic (exact) mass is 271 g/mol. The number of benzene rings is 1. The van der Waals surface area contributed by atoms with Crippen LogP contribution in [0.25, 0.3) is 0 Å². The second kappa shape index (κ2) is 4.18. The number of amides is 1. The Morgan fingerprint density at radius 1 is 1.06 bits per heavy atom. The molecule has 0 radical (unpaired) electrons. The highest BCUT2D eigenvalue weighted by atomic mass is 19.4. The van der Waals surface area contributed by atoms with Crippen molar-refractivity contribution in [3.8, 4) is 0 Å². The summed E-state index contributed by atoms with van der Waals surface area (Å²) in [6, 6.07) is 0.839. The lowest BCUT2D eigenvalue weighted by Gasteiger charge is -2.18. The highest BCUT2D eigenvalue weighted by Gasteiger charge is 2.41. The maximum absolute atomic E-state index is 12.7. The van der Waals surface area contributed by atoms with E-state index in [1.54, 1.807) is 0 Å². The van der Waals surface area contributed by atoms with Crippen LogP contribution >= 0.6 is 0 Å². The fraction of sp³-hybridized carbons (Fsp3) is 0.300. The Hall–Kier alpha value is -1.73. The highest BCUT2D eigenvalue weighted by molar-refractivity contribution is 5.95. The molecule has 0 saturated heterocycles. The summed E-state index contributed by atoms with van der Waals surface area (Å²) in [4.78, 5) is 10.8. The van der Waals surface area contributed by atoms with E-state index >= 15 is 0 Å². The average Bonchev–Trinajstić information content (AvgIpc) is 2.12. The molecule has 0 fully saturated rings. The zero-order valence-corrected chi connectivity index (χ0v) is 8.91. The third-order valence-corrected chi connectivity index (χ3v) is 2.32. The number of halogens is 6. The van der Waals surface area contributed by atoms with Gasteiger partial charge in [0.25, 0.3) is 0 Å². The molecule has 1 rings (SSSR count). The second-order valence-electron chi connectivity index (χ2n) is 3.52. The topological polar surface area (TPSA) is 43.1 Å². The van der Waals surface area contributed by atoms with E-state index in [9.17, 15) is 31.1 Å². The van der Waals surface area contributed by atoms with Crippen molar-refractivity contribution in [3.63, 3.8) is 0 Å². The van der Waals surface area contributed by atoms with Crippen LogP contribution in [0.2, 0.25) is 0 Å². The van der Waals surface area contributed by atoms with Gasteiger partial charge in [-0.15, -0.1) is 0 Å². The summed E-state index contributed by atoms with van der Waals surface area (Å²) in [7, 11) is 0. The molecule has 0 aliphatic heterocycles. The van der Waals surface area contributed by atoms with E-state index in [0.717, 1.165) is 0 Å². The van der Waals surface area contributed by atoms with E-state index in [1.807, 2.05) is 0 Å². The molecule has 0 aliphatic rings. The Labute approximate surface area is 97.4 Å². The maximum Gasteiger partial charge on any atom is 0.417 e. The molecule has 0 bridgehead atoms. The van der Waals surface area contributed by atoms with Crippen LogP contribution in [0.15, 0.2) is 12.1 Å². The van der Waals surface area contributed by atoms with E-state index in [0.29, 0.717) is 19.1 Å². The lowest BCUT2D eigenvalue weighted by Crippen LogP contribution is -2.22. The minimum Gasteiger partial charge on any atom is -0.366 e. The minimum absolute atomic E-state index is 0.407. The van der Waals surface area contributed by atoms with Crippen molar-refractivity contribution in [1.82, 2.24) is 0 Å². The zero-order valence-electron chi connectivity index (χ0n) is 8.91. The number of carbonyl (C=O) groups is 1. The van der Waals surface area contributed by atoms with E-state index in [1.165, 1.54) is 0 Å². The van der Waals surface area contributed by atoms with Crippen molar-refractivity contribution in [3.05, 3.63) is 34.4 Å². The summed E-state index contributed by atoms with van der Waals surface area (Å²) in [5.41, 5.74) is -0.416. The van der Waals surface area contributed by atoms with Crippen LogP contribution in [-0.4, -0.2) is 5.91 Å². The van der Waals surface area contributed by atoms with E-state index in [-0.39, 0.29) is 0 Å². The van der Waals surface area contributed by atoms with Crippen molar-refractivity contribution in [2.24, 2.45) is 5.73 Å². The van der Waals surface area contributed by atoms with Crippen molar-refractivity contribution in [2.75, 3.05) is 0 Å². The Bertz CT molecular complexity index is 488. The van der Waals surface area contributed by atoms with Gasteiger partial charge in [-0.1, -0.05) is 0 Å². The van der Waals surface area contributed by atoms with Crippen LogP contribution in [0.5, 0.6) is 0 Å². The Kier molecular flexibility index (Phi) is 3.33. The van der Waals surface area contributed by atoms with Gasteiger partial charge in [0.15, 0.2) is 0 Å². The van der Waals surface area contributed by atoms with Crippen molar-refractivity contribution >= 4 is 5.91 Å². The normalized spacial score (nSPS) is 12.6. The van der Waals surface area contributed by atoms with Crippen molar-refractivity contribution in [1.29, 1.82) is 0 Å². The Morgan fingerprint density at radius 2 is 1.56 bits per heavy atom. The van der Waals surface area contributed by atoms with Gasteiger partial charge in [0.05, 0.1) is 16.7 Å². The SMILES string of the molecule is Cc1c(C(F)(F)F)ccc(C(N)=O)c1C(F)(F)F. The number of nitrogens with two attached hydrogens (primary N) is 1. The molecule has 8 heteroatoms. The predicted octanol–water partition coefficient (Wildman–Crippen LogP) is 3.13. The Balaban J connectivity index is 3.67. The molecule has 18 heavy (non-hydrogen) atoms. The quantitative estimate of drug-likeness (QED) is 0.783. The molecule has 0 atom stereocenters. The third kappa shape index (κ3) is 2.57. The van der Waals surface area contributed by atoms with Crippen molar-refractivity contribution in [2.45, 2.75) is 19.3 Å². The first-order valence-corrected chi connectivity index (χ1v) is 4.54. The fourth-order valence-electron chi connectivity index (χ4n) is 1.59. The van der Waals surface area contributed by atoms with Gasteiger partial charge in [-0.05, 0) is 24.6 Å². The molecular weight excluding hydrogens is 264 g/mol. The van der Waals surface area contributed by atoms with E-state index < -0.39 is 40.5 Å². The van der Waals surface area contributed by atoms with Crippen molar-refractivity contribution < 1.29 is 31.1 Å². The van der Waals surface area contributed by atoms with Gasteiger partial charge in [-0.25, -0.2) is 0 Å². The zero-order chi connectivity index (χ0) is 14.3. The van der Waals surface area contributed by atoms with Gasteiger partial charge in [-0.3, -0.25) is 4.79 Å². The van der Waals surface area contributed by atoms with Gasteiger partial charge < -0.3 is 5.73 Å². The molecule has 0 aromatic heterocycles. The summed E-state index contributed by atoms with van der Waals surface area (Å²) in [6.45, 7) is 0.651. The number of hydrogen-bond acceptors (Lipinski definition) is 1. The van der Waals surface area contributed by atoms with E-state index in [4.69, 9.17) is 5.73 Å². The number of primary amides is 1. The van der Waals surface area contributed by atoms with Crippen LogP contribution in [0.3, 0.4) is 0 Å². The molecule has 0 heterocycles. The molecule has 0 spiro atoms. The first-order chi connectivity index (χ1) is 7.96. The number of hydrogen-bond donors (Lipinski definition) is 1. The molecular formula is C10H7F6NO. The number of rotatable bonds is 1. The number of alkyl halides is 6. The predicted molar refractivity (Wildman–Crippen MR) is 49.7 cm³/mol. The molecule has 100 valence electrons. The molecule has 0 unspecified atom stereocenters. The largest absolute Gasteiger partial charge is 0.417 e. The standard InChI is InChI=1S/C10H7F6NO/c1-4-6(9(11,12)13)3-2-5(8(17)18)7(4)10(14,15)16/h2-3H,1H3,(H2,17,18). The molecule has 2 N–H and O–H groups in total. The van der Waals surface area contributed by atoms with Crippen LogP contribution < -0.4 is 5.73 Å². The molecule has 1 amide bonds. The first-order valence-electron chi connectivity index (χ1n) is 4.54. The maximum atomic E-state index is 12.7. The van der Waals surface area contributed by atoms with Crippen LogP contribution in [-0.2, 0) is 12.4 Å². The van der Waals surface area contributed by atoms with E-state index in [2.05, 4.69) is 0 Å². The van der Waals surface area contributed by atoms with Crippen LogP contribution in [0, 0.1) is 6.92 Å². The van der Waals surface area contributed by atoms with Crippen LogP contribution in [0.4, 0.5) is 26.3 Å². The fourth-order valence-corrected chi connectivity index (χ4v) is 1.59. The third-order valence-electron chi connectivity index (χ3n) is 2.32. The molecule has 1 aromatic rings. The lowest BCUT2D eigenvalue weighted by atomic mass is 9.95. The lowest BCUT2D eigenvalue weighted by molar-refractivity contribution is -0.144. The molecule has 1 aromatic carbocycles. The second-order valence-corrected chi connectivity index (χ2v) is 3.52. The van der Waals surface area contributed by atoms with Crippen LogP contribution in [0.1, 0.15) is 27.0 Å². The Morgan fingerprint density at radius 3 is 1.89 bits per heavy atom. The van der Waals surface area contributed by atoms with Gasteiger partial charge in [0.1, 0.15) is 0 Å². The summed E-state index contributed by atoms with van der Waals surface area (Å²) in [5, 5.41) is 0.